The van der Waals surface area contributed by atoms with E-state index in [-0.39, 0.29) is 6.04 Å². The molecule has 0 aliphatic rings. The Morgan fingerprint density at radius 3 is 2.69 bits per heavy atom. The number of carbonyl (C=O) groups is 1. The zero-order valence-corrected chi connectivity index (χ0v) is 22.0. The third-order valence-corrected chi connectivity index (χ3v) is 6.63. The molecule has 1 unspecified atom stereocenters. The maximum Gasteiger partial charge on any atom is 0.347 e. The molecule has 0 fully saturated rings. The highest BCUT2D eigenvalue weighted by molar-refractivity contribution is 9.10. The van der Waals surface area contributed by atoms with Gasteiger partial charge in [0.2, 0.25) is 5.89 Å². The molecular weight excluding hydrogens is 530 g/mol. The summed E-state index contributed by atoms with van der Waals surface area (Å²) in [6, 6.07) is 15.2. The molecule has 0 spiro atoms. The average Bonchev–Trinajstić information content (AvgIpc) is 3.47. The zero-order chi connectivity index (χ0) is 25.0. The number of nitrogens with one attached hydrogen (secondary N) is 1. The molecule has 35 heavy (non-hydrogen) atoms. The van der Waals surface area contributed by atoms with Crippen LogP contribution in [0.3, 0.4) is 0 Å². The van der Waals surface area contributed by atoms with Crippen molar-refractivity contribution in [1.29, 1.82) is 0 Å². The van der Waals surface area contributed by atoms with Crippen LogP contribution in [-0.4, -0.2) is 26.6 Å². The molecule has 7 nitrogen and oxygen atoms in total. The van der Waals surface area contributed by atoms with Gasteiger partial charge in [0.1, 0.15) is 11.5 Å². The predicted molar refractivity (Wildman–Crippen MR) is 139 cm³/mol. The summed E-state index contributed by atoms with van der Waals surface area (Å²) in [6.45, 7) is 5.58. The summed E-state index contributed by atoms with van der Waals surface area (Å²) in [7, 11) is 0. The summed E-state index contributed by atoms with van der Waals surface area (Å²) >= 11 is 5.05. The Hall–Kier alpha value is -3.01. The second kappa shape index (κ2) is 10.7. The molecule has 0 saturated carbocycles. The Balaban J connectivity index is 1.46. The maximum absolute atomic E-state index is 11.3. The molecule has 9 heteroatoms. The smallest absolute Gasteiger partial charge is 0.347 e. The van der Waals surface area contributed by atoms with Crippen LogP contribution in [0.4, 0.5) is 0 Å². The van der Waals surface area contributed by atoms with E-state index in [2.05, 4.69) is 26.2 Å². The van der Waals surface area contributed by atoms with E-state index >= 15 is 0 Å². The Morgan fingerprint density at radius 1 is 1.26 bits per heavy atom. The molecule has 4 aromatic rings. The summed E-state index contributed by atoms with van der Waals surface area (Å²) in [4.78, 5) is 20.6. The minimum Gasteiger partial charge on any atom is -0.478 e. The molecule has 0 aliphatic heterocycles. The van der Waals surface area contributed by atoms with Gasteiger partial charge in [0.05, 0.1) is 22.9 Å². The zero-order valence-electron chi connectivity index (χ0n) is 19.6. The molecule has 0 aliphatic carbocycles. The van der Waals surface area contributed by atoms with Crippen LogP contribution in [0.1, 0.15) is 42.6 Å². The van der Waals surface area contributed by atoms with Crippen molar-refractivity contribution >= 4 is 33.2 Å². The summed E-state index contributed by atoms with van der Waals surface area (Å²) < 4.78 is 12.5. The van der Waals surface area contributed by atoms with E-state index in [1.54, 1.807) is 23.5 Å². The number of thiazole rings is 1. The number of ether oxygens (including phenoxy) is 1. The lowest BCUT2D eigenvalue weighted by atomic mass is 10.1. The van der Waals surface area contributed by atoms with Crippen LogP contribution in [0.5, 0.6) is 5.75 Å². The molecule has 1 atom stereocenters. The molecule has 2 aromatic heterocycles. The number of aryl methyl sites for hydroxylation is 1. The van der Waals surface area contributed by atoms with Crippen LogP contribution in [0.15, 0.2) is 68.3 Å². The van der Waals surface area contributed by atoms with Crippen molar-refractivity contribution in [2.24, 2.45) is 0 Å². The molecule has 2 heterocycles. The van der Waals surface area contributed by atoms with E-state index < -0.39 is 11.6 Å². The van der Waals surface area contributed by atoms with Gasteiger partial charge in [0.25, 0.3) is 0 Å². The summed E-state index contributed by atoms with van der Waals surface area (Å²) in [6.07, 6.45) is 0.626. The Labute approximate surface area is 216 Å². The number of oxazole rings is 1. The number of hydrogen-bond acceptors (Lipinski definition) is 7. The van der Waals surface area contributed by atoms with E-state index in [1.165, 1.54) is 13.8 Å². The van der Waals surface area contributed by atoms with Crippen LogP contribution in [0.25, 0.3) is 11.5 Å². The molecule has 0 radical (unpaired) electrons. The minimum atomic E-state index is -1.29. The third-order valence-electron chi connectivity index (χ3n) is 5.53. The first kappa shape index (κ1) is 25.1. The number of carboxylic acid groups (broad SMARTS) is 1. The Morgan fingerprint density at radius 2 is 2.03 bits per heavy atom. The number of carboxylic acids is 1. The van der Waals surface area contributed by atoms with Crippen molar-refractivity contribution in [1.82, 2.24) is 15.3 Å². The number of hydrogen-bond donors (Lipinski definition) is 2. The van der Waals surface area contributed by atoms with Crippen LogP contribution >= 0.6 is 27.3 Å². The third kappa shape index (κ3) is 6.36. The molecule has 0 saturated heterocycles. The van der Waals surface area contributed by atoms with Crippen LogP contribution in [0, 0.1) is 6.92 Å². The summed E-state index contributed by atoms with van der Waals surface area (Å²) in [5.74, 6) is 0.872. The van der Waals surface area contributed by atoms with Crippen molar-refractivity contribution in [3.63, 3.8) is 0 Å². The second-order valence-electron chi connectivity index (χ2n) is 8.64. The van der Waals surface area contributed by atoms with Crippen molar-refractivity contribution in [3.05, 3.63) is 86.6 Å². The number of nitrogens with zero attached hydrogens (tertiary/aromatic N) is 2. The van der Waals surface area contributed by atoms with Gasteiger partial charge in [-0.05, 0) is 56.7 Å². The van der Waals surface area contributed by atoms with Gasteiger partial charge in [-0.25, -0.2) is 14.8 Å². The average molecular weight is 556 g/mol. The van der Waals surface area contributed by atoms with Gasteiger partial charge < -0.3 is 19.6 Å². The standard InChI is InChI=1S/C26H26BrN3O4S/c1-16-21(30-24(33-16)18-5-4-6-19(27)11-18)12-22(23-14-35-15-29-23)28-13-17-7-9-20(10-8-17)34-26(2,3)25(31)32/h4-11,14-15,22,28H,12-13H2,1-3H3,(H,31,32). The predicted octanol–water partition coefficient (Wildman–Crippen LogP) is 6.18. The van der Waals surface area contributed by atoms with Gasteiger partial charge in [-0.15, -0.1) is 11.3 Å². The van der Waals surface area contributed by atoms with Gasteiger partial charge >= 0.3 is 5.97 Å². The van der Waals surface area contributed by atoms with Gasteiger partial charge in [-0.1, -0.05) is 34.1 Å². The van der Waals surface area contributed by atoms with Gasteiger partial charge in [0, 0.05) is 28.4 Å². The van der Waals surface area contributed by atoms with E-state index in [0.29, 0.717) is 24.6 Å². The lowest BCUT2D eigenvalue weighted by Gasteiger charge is -2.21. The van der Waals surface area contributed by atoms with Crippen molar-refractivity contribution in [2.75, 3.05) is 0 Å². The van der Waals surface area contributed by atoms with Crippen molar-refractivity contribution in [2.45, 2.75) is 45.4 Å². The largest absolute Gasteiger partial charge is 0.478 e. The maximum atomic E-state index is 11.3. The number of aromatic nitrogens is 2. The lowest BCUT2D eigenvalue weighted by Crippen LogP contribution is -2.37. The highest BCUT2D eigenvalue weighted by atomic mass is 79.9. The molecular formula is C26H26BrN3O4S. The normalized spacial score (nSPS) is 12.5. The van der Waals surface area contributed by atoms with Gasteiger partial charge in [-0.2, -0.15) is 0 Å². The van der Waals surface area contributed by atoms with Gasteiger partial charge in [-0.3, -0.25) is 0 Å². The monoisotopic (exact) mass is 555 g/mol. The summed E-state index contributed by atoms with van der Waals surface area (Å²) in [5.41, 5.74) is 4.31. The first-order chi connectivity index (χ1) is 16.7. The molecule has 182 valence electrons. The van der Waals surface area contributed by atoms with E-state index in [9.17, 15) is 9.90 Å². The molecule has 2 N–H and O–H groups in total. The highest BCUT2D eigenvalue weighted by Gasteiger charge is 2.29. The fraction of sp³-hybridized carbons (Fsp3) is 0.269. The lowest BCUT2D eigenvalue weighted by molar-refractivity contribution is -0.152. The molecule has 2 aromatic carbocycles. The first-order valence-electron chi connectivity index (χ1n) is 11.1. The Kier molecular flexibility index (Phi) is 7.69. The van der Waals surface area contributed by atoms with Crippen LogP contribution in [-0.2, 0) is 17.8 Å². The fourth-order valence-electron chi connectivity index (χ4n) is 3.49. The first-order valence-corrected chi connectivity index (χ1v) is 12.8. The number of halogens is 1. The van der Waals surface area contributed by atoms with Crippen LogP contribution in [0.2, 0.25) is 0 Å². The molecule has 0 bridgehead atoms. The number of benzene rings is 2. The van der Waals surface area contributed by atoms with E-state index in [0.717, 1.165) is 32.7 Å². The topological polar surface area (TPSA) is 97.5 Å². The quantitative estimate of drug-likeness (QED) is 0.241. The van der Waals surface area contributed by atoms with Gasteiger partial charge in [0.15, 0.2) is 5.60 Å². The van der Waals surface area contributed by atoms with E-state index in [4.69, 9.17) is 14.1 Å². The number of rotatable bonds is 10. The minimum absolute atomic E-state index is 0.0534. The fourth-order valence-corrected chi connectivity index (χ4v) is 4.49. The Bertz CT molecular complexity index is 1290. The second-order valence-corrected chi connectivity index (χ2v) is 10.3. The number of aliphatic carboxylic acids is 1. The van der Waals surface area contributed by atoms with Crippen molar-refractivity contribution < 1.29 is 19.1 Å². The van der Waals surface area contributed by atoms with E-state index in [1.807, 2.05) is 54.2 Å². The van der Waals surface area contributed by atoms with Crippen molar-refractivity contribution in [3.8, 4) is 17.2 Å². The molecule has 0 amide bonds. The SMILES string of the molecule is Cc1oc(-c2cccc(Br)c2)nc1CC(NCc1ccc(OC(C)(C)C(=O)O)cc1)c1cscn1. The van der Waals surface area contributed by atoms with Crippen LogP contribution < -0.4 is 10.1 Å². The highest BCUT2D eigenvalue weighted by Crippen LogP contribution is 2.27. The molecule has 4 rings (SSSR count). The summed E-state index contributed by atoms with van der Waals surface area (Å²) in [5, 5.41) is 14.9.